The molecule has 0 saturated heterocycles. The predicted octanol–water partition coefficient (Wildman–Crippen LogP) is 4.18. The average molecular weight is 288 g/mol. The zero-order chi connectivity index (χ0) is 10.7. The van der Waals surface area contributed by atoms with Crippen molar-refractivity contribution in [1.82, 2.24) is 5.32 Å². The van der Waals surface area contributed by atoms with Crippen LogP contribution in [0.2, 0.25) is 0 Å². The third-order valence-electron chi connectivity index (χ3n) is 3.17. The second-order valence-electron chi connectivity index (χ2n) is 4.52. The first-order valence-electron chi connectivity index (χ1n) is 5.71. The number of hydrogen-bond donors (Lipinski definition) is 1. The van der Waals surface area contributed by atoms with Gasteiger partial charge in [-0.15, -0.1) is 11.3 Å². The monoisotopic (exact) mass is 287 g/mol. The SMILES string of the molecule is CC(CC1CCC1)NCc1ccc(Br)s1. The van der Waals surface area contributed by atoms with Crippen LogP contribution in [0.25, 0.3) is 0 Å². The van der Waals surface area contributed by atoms with Crippen LogP contribution in [0.1, 0.15) is 37.5 Å². The van der Waals surface area contributed by atoms with E-state index in [1.165, 1.54) is 34.3 Å². The zero-order valence-electron chi connectivity index (χ0n) is 9.13. The molecule has 0 amide bonds. The van der Waals surface area contributed by atoms with Gasteiger partial charge >= 0.3 is 0 Å². The summed E-state index contributed by atoms with van der Waals surface area (Å²) in [6.07, 6.45) is 5.72. The first-order valence-corrected chi connectivity index (χ1v) is 7.32. The summed E-state index contributed by atoms with van der Waals surface area (Å²) in [5.74, 6) is 1.00. The minimum atomic E-state index is 0.663. The Balaban J connectivity index is 1.68. The summed E-state index contributed by atoms with van der Waals surface area (Å²) < 4.78 is 1.23. The third kappa shape index (κ3) is 3.58. The van der Waals surface area contributed by atoms with Gasteiger partial charge < -0.3 is 5.32 Å². The number of hydrogen-bond acceptors (Lipinski definition) is 2. The van der Waals surface area contributed by atoms with Crippen molar-refractivity contribution >= 4 is 27.3 Å². The van der Waals surface area contributed by atoms with Crippen LogP contribution in [-0.4, -0.2) is 6.04 Å². The number of nitrogens with one attached hydrogen (secondary N) is 1. The summed E-state index contributed by atoms with van der Waals surface area (Å²) >= 11 is 5.31. The Morgan fingerprint density at radius 2 is 2.33 bits per heavy atom. The van der Waals surface area contributed by atoms with Crippen LogP contribution in [0, 0.1) is 5.92 Å². The van der Waals surface area contributed by atoms with Gasteiger partial charge in [0.25, 0.3) is 0 Å². The molecule has 1 saturated carbocycles. The Hall–Kier alpha value is 0.140. The van der Waals surface area contributed by atoms with E-state index in [1.807, 2.05) is 11.3 Å². The highest BCUT2D eigenvalue weighted by molar-refractivity contribution is 9.11. The molecule has 3 heteroatoms. The molecule has 1 unspecified atom stereocenters. The van der Waals surface area contributed by atoms with Crippen molar-refractivity contribution in [3.05, 3.63) is 20.8 Å². The fourth-order valence-corrected chi connectivity index (χ4v) is 3.47. The standard InChI is InChI=1S/C12H18BrNS/c1-9(7-10-3-2-4-10)14-8-11-5-6-12(13)15-11/h5-6,9-10,14H,2-4,7-8H2,1H3. The molecule has 0 bridgehead atoms. The maximum Gasteiger partial charge on any atom is 0.0701 e. The first kappa shape index (κ1) is 11.6. The van der Waals surface area contributed by atoms with Gasteiger partial charge in [0.15, 0.2) is 0 Å². The molecular formula is C12H18BrNS. The molecule has 0 aliphatic heterocycles. The Morgan fingerprint density at radius 3 is 2.87 bits per heavy atom. The van der Waals surface area contributed by atoms with Crippen molar-refractivity contribution in [2.45, 2.75) is 45.2 Å². The number of rotatable bonds is 5. The summed E-state index contributed by atoms with van der Waals surface area (Å²) in [6.45, 7) is 3.32. The van der Waals surface area contributed by atoms with Crippen molar-refractivity contribution < 1.29 is 0 Å². The van der Waals surface area contributed by atoms with Gasteiger partial charge in [0, 0.05) is 17.5 Å². The molecule has 0 aromatic carbocycles. The molecule has 1 N–H and O–H groups in total. The molecule has 15 heavy (non-hydrogen) atoms. The summed E-state index contributed by atoms with van der Waals surface area (Å²) in [7, 11) is 0. The smallest absolute Gasteiger partial charge is 0.0701 e. The summed E-state index contributed by atoms with van der Waals surface area (Å²) in [4.78, 5) is 1.42. The predicted molar refractivity (Wildman–Crippen MR) is 70.3 cm³/mol. The second-order valence-corrected chi connectivity index (χ2v) is 7.07. The van der Waals surface area contributed by atoms with Crippen molar-refractivity contribution in [2.75, 3.05) is 0 Å². The molecule has 1 fully saturated rings. The topological polar surface area (TPSA) is 12.0 Å². The van der Waals surface area contributed by atoms with Crippen molar-refractivity contribution in [2.24, 2.45) is 5.92 Å². The van der Waals surface area contributed by atoms with Gasteiger partial charge in [-0.1, -0.05) is 19.3 Å². The molecule has 1 aliphatic rings. The van der Waals surface area contributed by atoms with Gasteiger partial charge in [0.1, 0.15) is 0 Å². The Bertz CT molecular complexity index is 306. The van der Waals surface area contributed by atoms with Crippen molar-refractivity contribution in [3.63, 3.8) is 0 Å². The van der Waals surface area contributed by atoms with Crippen LogP contribution in [0.15, 0.2) is 15.9 Å². The van der Waals surface area contributed by atoms with E-state index in [4.69, 9.17) is 0 Å². The number of halogens is 1. The number of thiophene rings is 1. The van der Waals surface area contributed by atoms with Crippen LogP contribution in [0.3, 0.4) is 0 Å². The van der Waals surface area contributed by atoms with Crippen LogP contribution in [-0.2, 0) is 6.54 Å². The van der Waals surface area contributed by atoms with E-state index in [9.17, 15) is 0 Å². The van der Waals surface area contributed by atoms with Gasteiger partial charge in [-0.25, -0.2) is 0 Å². The molecule has 1 heterocycles. The summed E-state index contributed by atoms with van der Waals surface area (Å²) in [5, 5.41) is 3.60. The first-order chi connectivity index (χ1) is 7.24. The van der Waals surface area contributed by atoms with Gasteiger partial charge in [-0.2, -0.15) is 0 Å². The molecule has 2 rings (SSSR count). The normalized spacial score (nSPS) is 18.8. The molecule has 1 nitrogen and oxygen atoms in total. The van der Waals surface area contributed by atoms with E-state index < -0.39 is 0 Å². The average Bonchev–Trinajstić information content (AvgIpc) is 2.55. The minimum absolute atomic E-state index is 0.663. The van der Waals surface area contributed by atoms with E-state index in [-0.39, 0.29) is 0 Å². The van der Waals surface area contributed by atoms with Crippen molar-refractivity contribution in [3.8, 4) is 0 Å². The van der Waals surface area contributed by atoms with Crippen molar-refractivity contribution in [1.29, 1.82) is 0 Å². The zero-order valence-corrected chi connectivity index (χ0v) is 11.5. The lowest BCUT2D eigenvalue weighted by molar-refractivity contribution is 0.266. The van der Waals surface area contributed by atoms with E-state index in [1.54, 1.807) is 0 Å². The molecule has 0 spiro atoms. The van der Waals surface area contributed by atoms with Crippen LogP contribution in [0.5, 0.6) is 0 Å². The molecule has 1 aromatic heterocycles. The van der Waals surface area contributed by atoms with Crippen LogP contribution >= 0.6 is 27.3 Å². The van der Waals surface area contributed by atoms with Gasteiger partial charge in [0.05, 0.1) is 3.79 Å². The molecular weight excluding hydrogens is 270 g/mol. The highest BCUT2D eigenvalue weighted by Gasteiger charge is 2.19. The van der Waals surface area contributed by atoms with Crippen LogP contribution in [0.4, 0.5) is 0 Å². The second kappa shape index (κ2) is 5.46. The van der Waals surface area contributed by atoms with Gasteiger partial charge in [-0.3, -0.25) is 0 Å². The fourth-order valence-electron chi connectivity index (χ4n) is 2.03. The van der Waals surface area contributed by atoms with Crippen LogP contribution < -0.4 is 5.32 Å². The maximum absolute atomic E-state index is 3.60. The molecule has 1 aliphatic carbocycles. The highest BCUT2D eigenvalue weighted by atomic mass is 79.9. The third-order valence-corrected chi connectivity index (χ3v) is 4.79. The largest absolute Gasteiger partial charge is 0.309 e. The molecule has 1 atom stereocenters. The highest BCUT2D eigenvalue weighted by Crippen LogP contribution is 2.30. The van der Waals surface area contributed by atoms with E-state index in [0.29, 0.717) is 6.04 Å². The molecule has 1 aromatic rings. The Labute approximate surface area is 104 Å². The lowest BCUT2D eigenvalue weighted by Crippen LogP contribution is -2.29. The van der Waals surface area contributed by atoms with E-state index in [2.05, 4.69) is 40.3 Å². The quantitative estimate of drug-likeness (QED) is 0.857. The minimum Gasteiger partial charge on any atom is -0.309 e. The Morgan fingerprint density at radius 1 is 1.53 bits per heavy atom. The molecule has 0 radical (unpaired) electrons. The van der Waals surface area contributed by atoms with E-state index >= 15 is 0 Å². The maximum atomic E-state index is 3.60. The van der Waals surface area contributed by atoms with Gasteiger partial charge in [0.2, 0.25) is 0 Å². The summed E-state index contributed by atoms with van der Waals surface area (Å²) in [6, 6.07) is 4.98. The molecule has 84 valence electrons. The lowest BCUT2D eigenvalue weighted by atomic mass is 9.81. The lowest BCUT2D eigenvalue weighted by Gasteiger charge is -2.28. The Kier molecular flexibility index (Phi) is 4.23. The van der Waals surface area contributed by atoms with E-state index in [0.717, 1.165) is 12.5 Å². The summed E-state index contributed by atoms with van der Waals surface area (Å²) in [5.41, 5.74) is 0. The fraction of sp³-hybridized carbons (Fsp3) is 0.667. The van der Waals surface area contributed by atoms with Gasteiger partial charge in [-0.05, 0) is 47.3 Å².